The van der Waals surface area contributed by atoms with Crippen LogP contribution in [0.15, 0.2) is 61.2 Å². The summed E-state index contributed by atoms with van der Waals surface area (Å²) in [6, 6.07) is 14.7. The van der Waals surface area contributed by atoms with E-state index >= 15 is 0 Å². The average Bonchev–Trinajstić information content (AvgIpc) is 3.29. The van der Waals surface area contributed by atoms with Gasteiger partial charge in [0, 0.05) is 43.8 Å². The molecule has 5 heteroatoms. The topological polar surface area (TPSA) is 52.7 Å². The Kier molecular flexibility index (Phi) is 6.16. The van der Waals surface area contributed by atoms with Gasteiger partial charge in [0.1, 0.15) is 0 Å². The number of nitrogens with one attached hydrogen (secondary N) is 1. The number of allylic oxidation sites excluding steroid dienone is 2. The van der Waals surface area contributed by atoms with E-state index in [-0.39, 0.29) is 29.8 Å². The summed E-state index contributed by atoms with van der Waals surface area (Å²) in [5.41, 5.74) is 6.45. The summed E-state index contributed by atoms with van der Waals surface area (Å²) in [5, 5.41) is 2.70. The van der Waals surface area contributed by atoms with Crippen LogP contribution in [0.2, 0.25) is 0 Å². The molecule has 2 unspecified atom stereocenters. The minimum absolute atomic E-state index is 0.0492. The van der Waals surface area contributed by atoms with E-state index in [4.69, 9.17) is 0 Å². The molecule has 1 aliphatic carbocycles. The molecule has 1 fully saturated rings. The zero-order valence-corrected chi connectivity index (χ0v) is 21.9. The van der Waals surface area contributed by atoms with Crippen LogP contribution in [0.5, 0.6) is 0 Å². The number of carbonyl (C=O) groups excluding carboxylic acids is 2. The molecule has 2 atom stereocenters. The number of amides is 2. The van der Waals surface area contributed by atoms with Gasteiger partial charge in [0.2, 0.25) is 11.8 Å². The van der Waals surface area contributed by atoms with Crippen LogP contribution in [0.3, 0.4) is 0 Å². The predicted octanol–water partition coefficient (Wildman–Crippen LogP) is 4.78. The number of likely N-dealkylation sites (tertiary alicyclic amines) is 1. The molecule has 2 amide bonds. The molecule has 2 aromatic carbocycles. The van der Waals surface area contributed by atoms with E-state index in [0.717, 1.165) is 43.6 Å². The molecule has 5 nitrogen and oxygen atoms in total. The van der Waals surface area contributed by atoms with Gasteiger partial charge in [0.05, 0.1) is 5.41 Å². The molecule has 2 aromatic rings. The highest BCUT2D eigenvalue weighted by molar-refractivity contribution is 6.10. The first-order chi connectivity index (χ1) is 17.2. The van der Waals surface area contributed by atoms with Crippen LogP contribution in [0.25, 0.3) is 5.57 Å². The van der Waals surface area contributed by atoms with Crippen molar-refractivity contribution in [2.75, 3.05) is 25.0 Å². The van der Waals surface area contributed by atoms with Crippen molar-refractivity contribution in [2.24, 2.45) is 0 Å². The maximum absolute atomic E-state index is 13.9. The lowest BCUT2D eigenvalue weighted by Gasteiger charge is -2.46. The summed E-state index contributed by atoms with van der Waals surface area (Å²) in [6.45, 7) is 12.3. The van der Waals surface area contributed by atoms with Crippen molar-refractivity contribution in [1.29, 1.82) is 0 Å². The van der Waals surface area contributed by atoms with E-state index in [0.29, 0.717) is 0 Å². The summed E-state index contributed by atoms with van der Waals surface area (Å²) < 4.78 is 0. The monoisotopic (exact) mass is 483 g/mol. The molecule has 0 aromatic heterocycles. The van der Waals surface area contributed by atoms with Gasteiger partial charge in [-0.3, -0.25) is 14.5 Å². The molecule has 1 N–H and O–H groups in total. The van der Waals surface area contributed by atoms with Crippen molar-refractivity contribution >= 4 is 23.1 Å². The van der Waals surface area contributed by atoms with Crippen molar-refractivity contribution in [3.8, 4) is 0 Å². The van der Waals surface area contributed by atoms with E-state index in [1.165, 1.54) is 22.3 Å². The van der Waals surface area contributed by atoms with E-state index in [2.05, 4.69) is 54.9 Å². The van der Waals surface area contributed by atoms with Crippen LogP contribution in [0.1, 0.15) is 55.4 Å². The lowest BCUT2D eigenvalue weighted by molar-refractivity contribution is -0.129. The van der Waals surface area contributed by atoms with Gasteiger partial charge in [-0.1, -0.05) is 55.1 Å². The number of para-hydroxylation sites is 1. The number of rotatable bonds is 5. The molecule has 5 rings (SSSR count). The predicted molar refractivity (Wildman–Crippen MR) is 146 cm³/mol. The molecule has 0 spiro atoms. The Bertz CT molecular complexity index is 1260. The number of hydrogen-bond acceptors (Lipinski definition) is 3. The largest absolute Gasteiger partial charge is 0.359 e. The third kappa shape index (κ3) is 3.64. The molecule has 2 heterocycles. The third-order valence-corrected chi connectivity index (χ3v) is 8.80. The molecule has 3 aliphatic rings. The second-order valence-electron chi connectivity index (χ2n) is 11.0. The zero-order valence-electron chi connectivity index (χ0n) is 21.9. The summed E-state index contributed by atoms with van der Waals surface area (Å²) >= 11 is 0. The molecule has 0 radical (unpaired) electrons. The highest BCUT2D eigenvalue weighted by Crippen LogP contribution is 2.48. The maximum atomic E-state index is 13.9. The van der Waals surface area contributed by atoms with Crippen LogP contribution in [0, 0.1) is 6.92 Å². The maximum Gasteiger partial charge on any atom is 0.238 e. The minimum Gasteiger partial charge on any atom is -0.359 e. The first-order valence-electron chi connectivity index (χ1n) is 13.1. The third-order valence-electron chi connectivity index (χ3n) is 8.80. The number of nitrogens with zero attached hydrogens (tertiary/aromatic N) is 2. The van der Waals surface area contributed by atoms with E-state index in [1.807, 2.05) is 42.2 Å². The fourth-order valence-electron chi connectivity index (χ4n) is 6.86. The quantitative estimate of drug-likeness (QED) is 0.666. The number of carbonyl (C=O) groups is 2. The molecule has 0 bridgehead atoms. The summed E-state index contributed by atoms with van der Waals surface area (Å²) in [5.74, 6) is -0.0593. The van der Waals surface area contributed by atoms with Crippen molar-refractivity contribution in [3.63, 3.8) is 0 Å². The summed E-state index contributed by atoms with van der Waals surface area (Å²) in [7, 11) is 1.63. The van der Waals surface area contributed by atoms with Gasteiger partial charge >= 0.3 is 0 Å². The van der Waals surface area contributed by atoms with Crippen LogP contribution in [0.4, 0.5) is 5.69 Å². The van der Waals surface area contributed by atoms with Crippen LogP contribution >= 0.6 is 0 Å². The smallest absolute Gasteiger partial charge is 0.238 e. The minimum atomic E-state index is -0.829. The SMILES string of the molecule is C=CC=C1c2c(C)cccc2CC1(C)N1CCC(N2C(=O)C(C)(CC(=O)NC)c3ccccc32)CC1. The molecule has 36 heavy (non-hydrogen) atoms. The molecule has 188 valence electrons. The number of piperidine rings is 1. The summed E-state index contributed by atoms with van der Waals surface area (Å²) in [4.78, 5) is 30.8. The van der Waals surface area contributed by atoms with Crippen molar-refractivity contribution < 1.29 is 9.59 Å². The molecular weight excluding hydrogens is 446 g/mol. The fourth-order valence-corrected chi connectivity index (χ4v) is 6.86. The first kappa shape index (κ1) is 24.5. The second kappa shape index (κ2) is 9.04. The Balaban J connectivity index is 1.39. The molecule has 0 saturated carbocycles. The lowest BCUT2D eigenvalue weighted by Crippen LogP contribution is -2.55. The van der Waals surface area contributed by atoms with E-state index < -0.39 is 5.41 Å². The summed E-state index contributed by atoms with van der Waals surface area (Å²) in [6.07, 6.45) is 7.07. The van der Waals surface area contributed by atoms with Gasteiger partial charge in [-0.2, -0.15) is 0 Å². The number of benzene rings is 2. The number of hydrogen-bond donors (Lipinski definition) is 1. The van der Waals surface area contributed by atoms with E-state index in [1.54, 1.807) is 7.05 Å². The number of fused-ring (bicyclic) bond motifs is 2. The Labute approximate surface area is 214 Å². The van der Waals surface area contributed by atoms with Gasteiger partial charge in [-0.25, -0.2) is 0 Å². The van der Waals surface area contributed by atoms with Crippen molar-refractivity contribution in [1.82, 2.24) is 10.2 Å². The van der Waals surface area contributed by atoms with Gasteiger partial charge < -0.3 is 10.2 Å². The van der Waals surface area contributed by atoms with Gasteiger partial charge in [-0.05, 0) is 73.9 Å². The van der Waals surface area contributed by atoms with E-state index in [9.17, 15) is 9.59 Å². The molecule has 2 aliphatic heterocycles. The lowest BCUT2D eigenvalue weighted by atomic mass is 9.80. The normalized spacial score (nSPS) is 27.3. The van der Waals surface area contributed by atoms with Gasteiger partial charge in [0.15, 0.2) is 0 Å². The Morgan fingerprint density at radius 2 is 1.86 bits per heavy atom. The Morgan fingerprint density at radius 1 is 1.14 bits per heavy atom. The van der Waals surface area contributed by atoms with Gasteiger partial charge in [0.25, 0.3) is 0 Å². The standard InChI is InChI=1S/C31H37N3O2/c1-6-10-25-28-21(2)11-9-12-22(28)19-31(25,4)33-17-15-23(16-18-33)34-26-14-8-7-13-24(26)30(3,29(34)36)20-27(35)32-5/h6-14,23H,1,15-20H2,2-5H3,(H,32,35). The van der Waals surface area contributed by atoms with Crippen LogP contribution in [-0.4, -0.2) is 48.4 Å². The van der Waals surface area contributed by atoms with Crippen LogP contribution < -0.4 is 10.2 Å². The second-order valence-corrected chi connectivity index (χ2v) is 11.0. The van der Waals surface area contributed by atoms with Crippen LogP contribution in [-0.2, 0) is 21.4 Å². The van der Waals surface area contributed by atoms with Crippen molar-refractivity contribution in [2.45, 2.75) is 63.5 Å². The molecular formula is C31H37N3O2. The highest BCUT2D eigenvalue weighted by atomic mass is 16.2. The average molecular weight is 484 g/mol. The fraction of sp³-hybridized carbons (Fsp3) is 0.419. The first-order valence-corrected chi connectivity index (χ1v) is 13.1. The van der Waals surface area contributed by atoms with Gasteiger partial charge in [-0.15, -0.1) is 0 Å². The Morgan fingerprint density at radius 3 is 2.56 bits per heavy atom. The highest BCUT2D eigenvalue weighted by Gasteiger charge is 2.51. The zero-order chi connectivity index (χ0) is 25.7. The number of aryl methyl sites for hydroxylation is 1. The molecule has 1 saturated heterocycles. The number of anilines is 1. The Hall–Kier alpha value is -3.18. The van der Waals surface area contributed by atoms with Crippen molar-refractivity contribution in [3.05, 3.63) is 83.4 Å².